The third kappa shape index (κ3) is 2.32. The molecule has 2 aliphatic rings. The topological polar surface area (TPSA) is 49.4 Å². The van der Waals surface area contributed by atoms with Crippen molar-refractivity contribution in [1.29, 1.82) is 0 Å². The first kappa shape index (κ1) is 14.2. The van der Waals surface area contributed by atoms with Gasteiger partial charge in [-0.1, -0.05) is 19.3 Å². The summed E-state index contributed by atoms with van der Waals surface area (Å²) in [6, 6.07) is 0. The van der Waals surface area contributed by atoms with E-state index >= 15 is 0 Å². The van der Waals surface area contributed by atoms with E-state index in [-0.39, 0.29) is 11.8 Å². The van der Waals surface area contributed by atoms with Crippen LogP contribution >= 0.6 is 0 Å². The van der Waals surface area contributed by atoms with Gasteiger partial charge in [0.15, 0.2) is 0 Å². The number of rotatable bonds is 2. The summed E-state index contributed by atoms with van der Waals surface area (Å²) in [6.45, 7) is 2.34. The minimum atomic E-state index is -2.63. The summed E-state index contributed by atoms with van der Waals surface area (Å²) in [4.78, 5) is 25.8. The Hall–Kier alpha value is -1.20. The van der Waals surface area contributed by atoms with E-state index in [9.17, 15) is 18.4 Å². The molecule has 19 heavy (non-hydrogen) atoms. The zero-order valence-corrected chi connectivity index (χ0v) is 11.3. The van der Waals surface area contributed by atoms with Crippen molar-refractivity contribution in [2.45, 2.75) is 63.5 Å². The zero-order chi connectivity index (χ0) is 14.3. The molecule has 1 aliphatic heterocycles. The molecule has 1 aliphatic carbocycles. The van der Waals surface area contributed by atoms with Crippen LogP contribution in [0.4, 0.5) is 8.78 Å². The molecular weight excluding hydrogens is 254 g/mol. The summed E-state index contributed by atoms with van der Waals surface area (Å²) < 4.78 is 25.4. The molecular formula is C13H20F2N2O2. The molecule has 1 heterocycles. The molecule has 108 valence electrons. The SMILES string of the molecule is CC1(C)C(=O)NC2(CCCCC2)C(=O)N1CC(F)F. The lowest BCUT2D eigenvalue weighted by molar-refractivity contribution is -0.165. The molecule has 4 nitrogen and oxygen atoms in total. The molecule has 1 saturated carbocycles. The molecule has 0 unspecified atom stereocenters. The van der Waals surface area contributed by atoms with Gasteiger partial charge in [0, 0.05) is 0 Å². The Morgan fingerprint density at radius 2 is 1.79 bits per heavy atom. The second kappa shape index (κ2) is 4.72. The standard InChI is InChI=1S/C13H20F2N2O2/c1-12(2)10(18)16-13(6-4-3-5-7-13)11(19)17(12)8-9(14)15/h9H,3-8H2,1-2H3,(H,16,18). The van der Waals surface area contributed by atoms with E-state index in [0.717, 1.165) is 24.2 Å². The number of carbonyl (C=O) groups excluding carboxylic acids is 2. The van der Waals surface area contributed by atoms with Crippen LogP contribution in [-0.2, 0) is 9.59 Å². The first-order chi connectivity index (χ1) is 8.79. The number of halogens is 2. The maximum Gasteiger partial charge on any atom is 0.255 e. The van der Waals surface area contributed by atoms with Crippen LogP contribution in [0.2, 0.25) is 0 Å². The predicted octanol–water partition coefficient (Wildman–Crippen LogP) is 1.69. The van der Waals surface area contributed by atoms with Gasteiger partial charge in [-0.2, -0.15) is 0 Å². The van der Waals surface area contributed by atoms with E-state index in [1.165, 1.54) is 13.8 Å². The van der Waals surface area contributed by atoms with Crippen molar-refractivity contribution in [1.82, 2.24) is 10.2 Å². The van der Waals surface area contributed by atoms with Gasteiger partial charge in [0.05, 0.1) is 6.54 Å². The Balaban J connectivity index is 2.32. The Bertz CT molecular complexity index is 390. The summed E-state index contributed by atoms with van der Waals surface area (Å²) in [6.07, 6.45) is 1.17. The van der Waals surface area contributed by atoms with Gasteiger partial charge in [0.25, 0.3) is 6.43 Å². The fourth-order valence-electron chi connectivity index (χ4n) is 3.00. The van der Waals surface area contributed by atoms with Crippen LogP contribution in [0.5, 0.6) is 0 Å². The van der Waals surface area contributed by atoms with Gasteiger partial charge in [0.1, 0.15) is 11.1 Å². The van der Waals surface area contributed by atoms with Gasteiger partial charge in [-0.05, 0) is 26.7 Å². The summed E-state index contributed by atoms with van der Waals surface area (Å²) in [5, 5.41) is 2.80. The van der Waals surface area contributed by atoms with E-state index in [4.69, 9.17) is 0 Å². The summed E-state index contributed by atoms with van der Waals surface area (Å²) in [5.41, 5.74) is -2.16. The third-order valence-corrected chi connectivity index (χ3v) is 4.27. The van der Waals surface area contributed by atoms with Crippen molar-refractivity contribution in [2.24, 2.45) is 0 Å². The molecule has 2 fully saturated rings. The molecule has 6 heteroatoms. The normalized spacial score (nSPS) is 25.8. The number of hydrogen-bond donors (Lipinski definition) is 1. The Morgan fingerprint density at radius 1 is 1.21 bits per heavy atom. The molecule has 1 saturated heterocycles. The molecule has 0 aromatic rings. The molecule has 0 atom stereocenters. The van der Waals surface area contributed by atoms with E-state index < -0.39 is 24.0 Å². The molecule has 0 bridgehead atoms. The number of alkyl halides is 2. The van der Waals surface area contributed by atoms with E-state index in [2.05, 4.69) is 5.32 Å². The van der Waals surface area contributed by atoms with Gasteiger partial charge in [-0.15, -0.1) is 0 Å². The van der Waals surface area contributed by atoms with E-state index in [1.54, 1.807) is 0 Å². The summed E-state index contributed by atoms with van der Waals surface area (Å²) in [5.74, 6) is -0.688. The first-order valence-electron chi connectivity index (χ1n) is 6.72. The Labute approximate surface area is 111 Å². The number of nitrogens with one attached hydrogen (secondary N) is 1. The highest BCUT2D eigenvalue weighted by molar-refractivity contribution is 6.01. The summed E-state index contributed by atoms with van der Waals surface area (Å²) in [7, 11) is 0. The molecule has 2 rings (SSSR count). The second-order valence-electron chi connectivity index (χ2n) is 5.96. The van der Waals surface area contributed by atoms with Crippen LogP contribution in [0.25, 0.3) is 0 Å². The summed E-state index contributed by atoms with van der Waals surface area (Å²) >= 11 is 0. The van der Waals surface area contributed by atoms with Crippen molar-refractivity contribution in [3.05, 3.63) is 0 Å². The van der Waals surface area contributed by atoms with Gasteiger partial charge >= 0.3 is 0 Å². The highest BCUT2D eigenvalue weighted by Crippen LogP contribution is 2.36. The van der Waals surface area contributed by atoms with Gasteiger partial charge in [-0.3, -0.25) is 9.59 Å². The van der Waals surface area contributed by atoms with Gasteiger partial charge in [0.2, 0.25) is 11.8 Å². The van der Waals surface area contributed by atoms with Crippen molar-refractivity contribution in [3.8, 4) is 0 Å². The zero-order valence-electron chi connectivity index (χ0n) is 11.3. The molecule has 1 spiro atoms. The molecule has 0 aromatic heterocycles. The van der Waals surface area contributed by atoms with Crippen LogP contribution in [-0.4, -0.2) is 40.8 Å². The van der Waals surface area contributed by atoms with Crippen LogP contribution in [0.3, 0.4) is 0 Å². The minimum absolute atomic E-state index is 0.338. The Kier molecular flexibility index (Phi) is 3.53. The average Bonchev–Trinajstić information content (AvgIpc) is 2.34. The monoisotopic (exact) mass is 274 g/mol. The van der Waals surface area contributed by atoms with Gasteiger partial charge in [-0.25, -0.2) is 8.78 Å². The predicted molar refractivity (Wildman–Crippen MR) is 65.8 cm³/mol. The smallest absolute Gasteiger partial charge is 0.255 e. The van der Waals surface area contributed by atoms with Crippen molar-refractivity contribution in [3.63, 3.8) is 0 Å². The quantitative estimate of drug-likeness (QED) is 0.833. The maximum atomic E-state index is 12.7. The lowest BCUT2D eigenvalue weighted by atomic mass is 9.76. The van der Waals surface area contributed by atoms with Crippen molar-refractivity contribution in [2.75, 3.05) is 6.54 Å². The van der Waals surface area contributed by atoms with Crippen LogP contribution in [0.1, 0.15) is 46.0 Å². The van der Waals surface area contributed by atoms with Crippen LogP contribution in [0.15, 0.2) is 0 Å². The van der Waals surface area contributed by atoms with E-state index in [0.29, 0.717) is 12.8 Å². The second-order valence-corrected chi connectivity index (χ2v) is 5.96. The number of nitrogens with zero attached hydrogens (tertiary/aromatic N) is 1. The molecule has 1 N–H and O–H groups in total. The van der Waals surface area contributed by atoms with Crippen LogP contribution in [0, 0.1) is 0 Å². The third-order valence-electron chi connectivity index (χ3n) is 4.27. The first-order valence-corrected chi connectivity index (χ1v) is 6.72. The fraction of sp³-hybridized carbons (Fsp3) is 0.846. The number of piperazine rings is 1. The Morgan fingerprint density at radius 3 is 2.32 bits per heavy atom. The van der Waals surface area contributed by atoms with E-state index in [1.807, 2.05) is 0 Å². The number of carbonyl (C=O) groups is 2. The lowest BCUT2D eigenvalue weighted by Crippen LogP contribution is -2.74. The van der Waals surface area contributed by atoms with Crippen molar-refractivity contribution >= 4 is 11.8 Å². The number of hydrogen-bond acceptors (Lipinski definition) is 2. The van der Waals surface area contributed by atoms with Crippen molar-refractivity contribution < 1.29 is 18.4 Å². The largest absolute Gasteiger partial charge is 0.340 e. The fourth-order valence-corrected chi connectivity index (χ4v) is 3.00. The molecule has 2 amide bonds. The molecule has 0 radical (unpaired) electrons. The highest BCUT2D eigenvalue weighted by atomic mass is 19.3. The number of amides is 2. The minimum Gasteiger partial charge on any atom is -0.340 e. The average molecular weight is 274 g/mol. The highest BCUT2D eigenvalue weighted by Gasteiger charge is 2.54. The van der Waals surface area contributed by atoms with Crippen LogP contribution < -0.4 is 5.32 Å². The maximum absolute atomic E-state index is 12.7. The lowest BCUT2D eigenvalue weighted by Gasteiger charge is -2.51. The molecule has 0 aromatic carbocycles. The van der Waals surface area contributed by atoms with Gasteiger partial charge < -0.3 is 10.2 Å².